The van der Waals surface area contributed by atoms with Gasteiger partial charge in [0.15, 0.2) is 11.5 Å². The van der Waals surface area contributed by atoms with Gasteiger partial charge in [-0.15, -0.1) is 0 Å². The molecule has 1 aliphatic heterocycles. The van der Waals surface area contributed by atoms with Gasteiger partial charge in [0.1, 0.15) is 5.75 Å². The first-order chi connectivity index (χ1) is 12.6. The van der Waals surface area contributed by atoms with Crippen molar-refractivity contribution in [3.05, 3.63) is 59.2 Å². The molecule has 0 saturated heterocycles. The van der Waals surface area contributed by atoms with Crippen molar-refractivity contribution in [2.24, 2.45) is 0 Å². The lowest BCUT2D eigenvalue weighted by Gasteiger charge is -2.15. The Balaban J connectivity index is 1.64. The molecule has 1 amide bonds. The second-order valence-corrected chi connectivity index (χ2v) is 6.14. The van der Waals surface area contributed by atoms with Gasteiger partial charge < -0.3 is 19.5 Å². The first-order valence-electron chi connectivity index (χ1n) is 8.57. The van der Waals surface area contributed by atoms with Gasteiger partial charge in [-0.1, -0.05) is 12.1 Å². The molecule has 0 spiro atoms. The highest BCUT2D eigenvalue weighted by Gasteiger charge is 2.13. The fourth-order valence-electron chi connectivity index (χ4n) is 2.95. The van der Waals surface area contributed by atoms with Crippen molar-refractivity contribution in [2.75, 3.05) is 20.8 Å². The summed E-state index contributed by atoms with van der Waals surface area (Å²) in [5.41, 5.74) is 3.12. The van der Waals surface area contributed by atoms with E-state index in [1.54, 1.807) is 20.3 Å². The summed E-state index contributed by atoms with van der Waals surface area (Å²) < 4.78 is 16.0. The van der Waals surface area contributed by atoms with E-state index in [4.69, 9.17) is 14.2 Å². The molecule has 5 nitrogen and oxygen atoms in total. The monoisotopic (exact) mass is 353 g/mol. The van der Waals surface area contributed by atoms with E-state index in [0.29, 0.717) is 11.5 Å². The highest BCUT2D eigenvalue weighted by atomic mass is 16.5. The van der Waals surface area contributed by atoms with Gasteiger partial charge in [-0.05, 0) is 54.0 Å². The van der Waals surface area contributed by atoms with Crippen molar-refractivity contribution in [1.82, 2.24) is 5.32 Å². The van der Waals surface area contributed by atoms with Gasteiger partial charge in [-0.25, -0.2) is 0 Å². The molecule has 136 valence electrons. The molecule has 1 aliphatic rings. The van der Waals surface area contributed by atoms with E-state index in [1.165, 1.54) is 5.56 Å². The van der Waals surface area contributed by atoms with Gasteiger partial charge in [0, 0.05) is 12.5 Å². The summed E-state index contributed by atoms with van der Waals surface area (Å²) in [5, 5.41) is 2.96. The first-order valence-corrected chi connectivity index (χ1v) is 8.57. The van der Waals surface area contributed by atoms with Crippen LogP contribution >= 0.6 is 0 Å². The van der Waals surface area contributed by atoms with Crippen LogP contribution in [0.5, 0.6) is 17.2 Å². The molecule has 2 aromatic carbocycles. The van der Waals surface area contributed by atoms with Crippen LogP contribution in [0, 0.1) is 0 Å². The van der Waals surface area contributed by atoms with Gasteiger partial charge in [-0.3, -0.25) is 4.79 Å². The molecule has 0 aromatic heterocycles. The number of carbonyl (C=O) groups excluding carboxylic acids is 1. The summed E-state index contributed by atoms with van der Waals surface area (Å²) in [6.07, 6.45) is 4.28. The summed E-state index contributed by atoms with van der Waals surface area (Å²) >= 11 is 0. The molecule has 1 N–H and O–H groups in total. The Morgan fingerprint density at radius 1 is 1.15 bits per heavy atom. The lowest BCUT2D eigenvalue weighted by molar-refractivity contribution is -0.117. The molecular formula is C21H23NO4. The van der Waals surface area contributed by atoms with Crippen LogP contribution in [0.3, 0.4) is 0 Å². The molecule has 0 saturated carbocycles. The summed E-state index contributed by atoms with van der Waals surface area (Å²) in [4.78, 5) is 12.2. The average molecular weight is 353 g/mol. The Labute approximate surface area is 153 Å². The lowest BCUT2D eigenvalue weighted by Crippen LogP contribution is -2.24. The van der Waals surface area contributed by atoms with Crippen molar-refractivity contribution in [2.45, 2.75) is 19.4 Å². The van der Waals surface area contributed by atoms with Crippen LogP contribution in [-0.2, 0) is 11.2 Å². The topological polar surface area (TPSA) is 56.8 Å². The number of hydrogen-bond donors (Lipinski definition) is 1. The highest BCUT2D eigenvalue weighted by Crippen LogP contribution is 2.30. The van der Waals surface area contributed by atoms with Gasteiger partial charge in [0.05, 0.1) is 26.9 Å². The molecule has 5 heteroatoms. The minimum absolute atomic E-state index is 0.149. The van der Waals surface area contributed by atoms with Crippen molar-refractivity contribution < 1.29 is 19.0 Å². The maximum absolute atomic E-state index is 12.2. The number of benzene rings is 2. The summed E-state index contributed by atoms with van der Waals surface area (Å²) in [6.45, 7) is 2.66. The zero-order chi connectivity index (χ0) is 18.5. The number of rotatable bonds is 6. The van der Waals surface area contributed by atoms with Gasteiger partial charge in [0.2, 0.25) is 5.91 Å². The fourth-order valence-corrected chi connectivity index (χ4v) is 2.95. The lowest BCUT2D eigenvalue weighted by atomic mass is 10.1. The molecule has 0 aliphatic carbocycles. The maximum atomic E-state index is 12.2. The van der Waals surface area contributed by atoms with Gasteiger partial charge in [0.25, 0.3) is 0 Å². The highest BCUT2D eigenvalue weighted by molar-refractivity contribution is 5.92. The van der Waals surface area contributed by atoms with Crippen molar-refractivity contribution in [1.29, 1.82) is 0 Å². The summed E-state index contributed by atoms with van der Waals surface area (Å²) in [6, 6.07) is 11.4. The quantitative estimate of drug-likeness (QED) is 0.807. The Morgan fingerprint density at radius 2 is 1.96 bits per heavy atom. The third-order valence-corrected chi connectivity index (χ3v) is 4.41. The molecule has 0 radical (unpaired) electrons. The van der Waals surface area contributed by atoms with Crippen LogP contribution in [-0.4, -0.2) is 26.7 Å². The van der Waals surface area contributed by atoms with E-state index in [2.05, 4.69) is 11.4 Å². The maximum Gasteiger partial charge on any atom is 0.244 e. The Morgan fingerprint density at radius 3 is 2.73 bits per heavy atom. The fraction of sp³-hybridized carbons (Fsp3) is 0.286. The van der Waals surface area contributed by atoms with E-state index in [1.807, 2.05) is 43.3 Å². The molecular weight excluding hydrogens is 330 g/mol. The second kappa shape index (κ2) is 7.95. The van der Waals surface area contributed by atoms with Crippen molar-refractivity contribution >= 4 is 12.0 Å². The Bertz CT molecular complexity index is 829. The number of methoxy groups -OCH3 is 2. The molecule has 0 fully saturated rings. The molecule has 26 heavy (non-hydrogen) atoms. The van der Waals surface area contributed by atoms with E-state index < -0.39 is 0 Å². The zero-order valence-corrected chi connectivity index (χ0v) is 15.2. The molecule has 1 heterocycles. The van der Waals surface area contributed by atoms with E-state index in [9.17, 15) is 4.79 Å². The molecule has 0 bridgehead atoms. The number of carbonyl (C=O) groups is 1. The van der Waals surface area contributed by atoms with Crippen molar-refractivity contribution in [3.63, 3.8) is 0 Å². The largest absolute Gasteiger partial charge is 0.493 e. The number of amides is 1. The third-order valence-electron chi connectivity index (χ3n) is 4.41. The predicted molar refractivity (Wildman–Crippen MR) is 101 cm³/mol. The first kappa shape index (κ1) is 17.9. The Hall–Kier alpha value is -2.95. The van der Waals surface area contributed by atoms with Crippen LogP contribution < -0.4 is 19.5 Å². The van der Waals surface area contributed by atoms with E-state index in [-0.39, 0.29) is 11.9 Å². The molecule has 1 unspecified atom stereocenters. The number of hydrogen-bond acceptors (Lipinski definition) is 4. The Kier molecular flexibility index (Phi) is 5.46. The van der Waals surface area contributed by atoms with E-state index in [0.717, 1.165) is 29.9 Å². The van der Waals surface area contributed by atoms with E-state index >= 15 is 0 Å². The SMILES string of the molecule is COc1ccc(C(C)NC(=O)/C=C/c2ccc3c(c2)CCO3)cc1OC. The summed E-state index contributed by atoms with van der Waals surface area (Å²) in [7, 11) is 3.19. The molecule has 1 atom stereocenters. The summed E-state index contributed by atoms with van der Waals surface area (Å²) in [5.74, 6) is 2.09. The normalized spacial score (nSPS) is 13.8. The van der Waals surface area contributed by atoms with Crippen LogP contribution in [0.1, 0.15) is 29.7 Å². The van der Waals surface area contributed by atoms with Crippen LogP contribution in [0.15, 0.2) is 42.5 Å². The molecule has 3 rings (SSSR count). The molecule has 2 aromatic rings. The zero-order valence-electron chi connectivity index (χ0n) is 15.2. The van der Waals surface area contributed by atoms with Crippen LogP contribution in [0.25, 0.3) is 6.08 Å². The standard InChI is InChI=1S/C21H23NO4/c1-14(16-6-8-19(24-2)20(13-16)25-3)22-21(23)9-5-15-4-7-18-17(12-15)10-11-26-18/h4-9,12-14H,10-11H2,1-3H3,(H,22,23)/b9-5+. The van der Waals surface area contributed by atoms with Crippen LogP contribution in [0.4, 0.5) is 0 Å². The average Bonchev–Trinajstić information content (AvgIpc) is 3.13. The predicted octanol–water partition coefficient (Wildman–Crippen LogP) is 3.53. The van der Waals surface area contributed by atoms with Gasteiger partial charge in [-0.2, -0.15) is 0 Å². The number of nitrogens with one attached hydrogen (secondary N) is 1. The minimum Gasteiger partial charge on any atom is -0.493 e. The van der Waals surface area contributed by atoms with Crippen LogP contribution in [0.2, 0.25) is 0 Å². The second-order valence-electron chi connectivity index (χ2n) is 6.14. The number of fused-ring (bicyclic) bond motifs is 1. The van der Waals surface area contributed by atoms with Crippen molar-refractivity contribution in [3.8, 4) is 17.2 Å². The smallest absolute Gasteiger partial charge is 0.244 e. The minimum atomic E-state index is -0.152. The third kappa shape index (κ3) is 3.99. The van der Waals surface area contributed by atoms with Gasteiger partial charge >= 0.3 is 0 Å². The number of ether oxygens (including phenoxy) is 3.